The molecule has 1 amide bonds. The molecule has 0 bridgehead atoms. The van der Waals surface area contributed by atoms with Crippen molar-refractivity contribution in [3.05, 3.63) is 59.2 Å². The summed E-state index contributed by atoms with van der Waals surface area (Å²) in [6.07, 6.45) is 0. The first kappa shape index (κ1) is 20.4. The number of nitrogens with zero attached hydrogens (tertiary/aromatic N) is 1. The van der Waals surface area contributed by atoms with Crippen LogP contribution in [0.5, 0.6) is 5.75 Å². The lowest BCUT2D eigenvalue weighted by Crippen LogP contribution is -2.38. The Kier molecular flexibility index (Phi) is 6.55. The van der Waals surface area contributed by atoms with E-state index in [4.69, 9.17) is 10.00 Å². The Labute approximate surface area is 159 Å². The first-order chi connectivity index (χ1) is 12.8. The summed E-state index contributed by atoms with van der Waals surface area (Å²) in [5, 5.41) is 11.8. The number of benzene rings is 2. The van der Waals surface area contributed by atoms with Crippen molar-refractivity contribution in [1.82, 2.24) is 10.0 Å². The number of aryl methyl sites for hydroxylation is 1. The highest BCUT2D eigenvalue weighted by atomic mass is 32.2. The summed E-state index contributed by atoms with van der Waals surface area (Å²) in [7, 11) is -2.43. The van der Waals surface area contributed by atoms with Gasteiger partial charge < -0.3 is 10.1 Å². The van der Waals surface area contributed by atoms with Gasteiger partial charge in [0.05, 0.1) is 30.2 Å². The summed E-state index contributed by atoms with van der Waals surface area (Å²) < 4.78 is 32.2. The number of methoxy groups -OCH3 is 1. The number of ether oxygens (including phenoxy) is 1. The van der Waals surface area contributed by atoms with Crippen molar-refractivity contribution in [2.24, 2.45) is 0 Å². The Hall–Kier alpha value is -2.89. The van der Waals surface area contributed by atoms with E-state index in [1.54, 1.807) is 20.1 Å². The average molecular weight is 387 g/mol. The molecule has 0 aliphatic carbocycles. The molecule has 0 radical (unpaired) electrons. The number of hydrogen-bond acceptors (Lipinski definition) is 5. The van der Waals surface area contributed by atoms with Gasteiger partial charge in [-0.1, -0.05) is 29.8 Å². The summed E-state index contributed by atoms with van der Waals surface area (Å²) in [6, 6.07) is 12.9. The van der Waals surface area contributed by atoms with Crippen LogP contribution in [0.15, 0.2) is 47.4 Å². The number of carbonyl (C=O) groups excluding carboxylic acids is 1. The predicted molar refractivity (Wildman–Crippen MR) is 101 cm³/mol. The third-order valence-electron chi connectivity index (χ3n) is 3.95. The normalized spacial score (nSPS) is 12.1. The van der Waals surface area contributed by atoms with Gasteiger partial charge in [0, 0.05) is 5.56 Å². The van der Waals surface area contributed by atoms with Gasteiger partial charge in [0.15, 0.2) is 0 Å². The standard InChI is InChI=1S/C19H21N3O4S/c1-13-8-9-17(26-3)16(10-13)14(2)22-19(23)12-21-27(24,25)18-7-5-4-6-15(18)11-20/h4-10,14,21H,12H2,1-3H3,(H,22,23)/t14-/m0/s1. The molecule has 27 heavy (non-hydrogen) atoms. The molecular formula is C19H21N3O4S. The van der Waals surface area contributed by atoms with Crippen LogP contribution in [0, 0.1) is 18.3 Å². The molecule has 0 unspecified atom stereocenters. The van der Waals surface area contributed by atoms with Crippen LogP contribution in [0.2, 0.25) is 0 Å². The zero-order chi connectivity index (χ0) is 20.0. The van der Waals surface area contributed by atoms with Crippen LogP contribution < -0.4 is 14.8 Å². The molecule has 0 saturated carbocycles. The highest BCUT2D eigenvalue weighted by Crippen LogP contribution is 2.26. The lowest BCUT2D eigenvalue weighted by atomic mass is 10.0. The molecular weight excluding hydrogens is 366 g/mol. The first-order valence-corrected chi connectivity index (χ1v) is 9.69. The molecule has 8 heteroatoms. The zero-order valence-corrected chi connectivity index (χ0v) is 16.1. The van der Waals surface area contributed by atoms with Gasteiger partial charge in [-0.15, -0.1) is 0 Å². The fourth-order valence-electron chi connectivity index (χ4n) is 2.59. The second-order valence-corrected chi connectivity index (χ2v) is 7.70. The lowest BCUT2D eigenvalue weighted by molar-refractivity contribution is -0.120. The summed E-state index contributed by atoms with van der Waals surface area (Å²) in [5.74, 6) is 0.140. The third kappa shape index (κ3) is 5.06. The summed E-state index contributed by atoms with van der Waals surface area (Å²) in [5.41, 5.74) is 1.83. The monoisotopic (exact) mass is 387 g/mol. The van der Waals surface area contributed by atoms with Crippen molar-refractivity contribution in [1.29, 1.82) is 5.26 Å². The first-order valence-electron chi connectivity index (χ1n) is 8.21. The minimum Gasteiger partial charge on any atom is -0.496 e. The molecule has 0 spiro atoms. The largest absolute Gasteiger partial charge is 0.496 e. The van der Waals surface area contributed by atoms with Crippen molar-refractivity contribution in [3.63, 3.8) is 0 Å². The Balaban J connectivity index is 2.06. The van der Waals surface area contributed by atoms with Gasteiger partial charge in [0.2, 0.25) is 15.9 Å². The van der Waals surface area contributed by atoms with Crippen molar-refractivity contribution in [2.45, 2.75) is 24.8 Å². The van der Waals surface area contributed by atoms with Crippen LogP contribution in [-0.4, -0.2) is 28.0 Å². The van der Waals surface area contributed by atoms with E-state index >= 15 is 0 Å². The summed E-state index contributed by atoms with van der Waals surface area (Å²) in [6.45, 7) is 3.27. The summed E-state index contributed by atoms with van der Waals surface area (Å²) in [4.78, 5) is 12.0. The third-order valence-corrected chi connectivity index (χ3v) is 5.41. The second kappa shape index (κ2) is 8.66. The molecule has 2 N–H and O–H groups in total. The molecule has 1 atom stereocenters. The fraction of sp³-hybridized carbons (Fsp3) is 0.263. The SMILES string of the molecule is COc1ccc(C)cc1[C@H](C)NC(=O)CNS(=O)(=O)c1ccccc1C#N. The van der Waals surface area contributed by atoms with Gasteiger partial charge in [-0.25, -0.2) is 13.1 Å². The maximum Gasteiger partial charge on any atom is 0.242 e. The topological polar surface area (TPSA) is 108 Å². The van der Waals surface area contributed by atoms with Crippen molar-refractivity contribution in [3.8, 4) is 11.8 Å². The molecule has 2 rings (SSSR count). The number of rotatable bonds is 7. The van der Waals surface area contributed by atoms with Crippen LogP contribution >= 0.6 is 0 Å². The van der Waals surface area contributed by atoms with Crippen molar-refractivity contribution >= 4 is 15.9 Å². The molecule has 0 aliphatic heterocycles. The highest BCUT2D eigenvalue weighted by Gasteiger charge is 2.20. The molecule has 2 aromatic carbocycles. The molecule has 0 fully saturated rings. The Morgan fingerprint density at radius 1 is 1.26 bits per heavy atom. The quantitative estimate of drug-likeness (QED) is 0.756. The molecule has 2 aromatic rings. The maximum atomic E-state index is 12.4. The smallest absolute Gasteiger partial charge is 0.242 e. The summed E-state index contributed by atoms with van der Waals surface area (Å²) >= 11 is 0. The minimum atomic E-state index is -3.98. The average Bonchev–Trinajstić information content (AvgIpc) is 2.66. The Morgan fingerprint density at radius 3 is 2.63 bits per heavy atom. The van der Waals surface area contributed by atoms with Gasteiger partial charge in [-0.2, -0.15) is 5.26 Å². The second-order valence-electron chi connectivity index (χ2n) is 5.97. The number of amides is 1. The van der Waals surface area contributed by atoms with Crippen molar-refractivity contribution < 1.29 is 17.9 Å². The van der Waals surface area contributed by atoms with E-state index < -0.39 is 22.5 Å². The fourth-order valence-corrected chi connectivity index (χ4v) is 3.73. The van der Waals surface area contributed by atoms with E-state index in [1.165, 1.54) is 18.2 Å². The van der Waals surface area contributed by atoms with Gasteiger partial charge in [0.1, 0.15) is 11.8 Å². The Bertz CT molecular complexity index is 981. The van der Waals surface area contributed by atoms with Crippen molar-refractivity contribution in [2.75, 3.05) is 13.7 Å². The molecule has 0 aliphatic rings. The number of nitrogens with one attached hydrogen (secondary N) is 2. The number of sulfonamides is 1. The van der Waals surface area contributed by atoms with Crippen LogP contribution in [-0.2, 0) is 14.8 Å². The van der Waals surface area contributed by atoms with Gasteiger partial charge in [-0.05, 0) is 32.0 Å². The number of nitriles is 1. The minimum absolute atomic E-state index is 0.0169. The van der Waals surface area contributed by atoms with E-state index in [-0.39, 0.29) is 16.5 Å². The van der Waals surface area contributed by atoms with E-state index in [0.29, 0.717) is 5.75 Å². The van der Waals surface area contributed by atoms with Gasteiger partial charge >= 0.3 is 0 Å². The molecule has 142 valence electrons. The van der Waals surface area contributed by atoms with E-state index in [1.807, 2.05) is 31.2 Å². The Morgan fingerprint density at radius 2 is 1.96 bits per heavy atom. The number of hydrogen-bond donors (Lipinski definition) is 2. The molecule has 0 aromatic heterocycles. The van der Waals surface area contributed by atoms with Crippen LogP contribution in [0.3, 0.4) is 0 Å². The number of carbonyl (C=O) groups is 1. The molecule has 0 heterocycles. The van der Waals surface area contributed by atoms with E-state index in [0.717, 1.165) is 11.1 Å². The van der Waals surface area contributed by atoms with E-state index in [9.17, 15) is 13.2 Å². The van der Waals surface area contributed by atoms with Crippen LogP contribution in [0.1, 0.15) is 29.7 Å². The predicted octanol–water partition coefficient (Wildman–Crippen LogP) is 2.03. The highest BCUT2D eigenvalue weighted by molar-refractivity contribution is 7.89. The molecule has 7 nitrogen and oxygen atoms in total. The van der Waals surface area contributed by atoms with E-state index in [2.05, 4.69) is 10.0 Å². The van der Waals surface area contributed by atoms with Crippen LogP contribution in [0.25, 0.3) is 0 Å². The lowest BCUT2D eigenvalue weighted by Gasteiger charge is -2.18. The maximum absolute atomic E-state index is 12.4. The van der Waals surface area contributed by atoms with Gasteiger partial charge in [0.25, 0.3) is 0 Å². The van der Waals surface area contributed by atoms with Crippen LogP contribution in [0.4, 0.5) is 0 Å². The molecule has 0 saturated heterocycles. The van der Waals surface area contributed by atoms with Gasteiger partial charge in [-0.3, -0.25) is 4.79 Å². The zero-order valence-electron chi connectivity index (χ0n) is 15.3.